The van der Waals surface area contributed by atoms with Crippen molar-refractivity contribution in [3.05, 3.63) is 107 Å². The molecule has 0 atom stereocenters. The van der Waals surface area contributed by atoms with Crippen molar-refractivity contribution in [1.82, 2.24) is 0 Å². The van der Waals surface area contributed by atoms with Crippen LogP contribution in [0.5, 0.6) is 0 Å². The average Bonchev–Trinajstić information content (AvgIpc) is 3.36. The molecule has 6 rings (SSSR count). The zero-order valence-corrected chi connectivity index (χ0v) is 16.9. The van der Waals surface area contributed by atoms with Crippen LogP contribution in [0.2, 0.25) is 0 Å². The third-order valence-corrected chi connectivity index (χ3v) is 6.46. The lowest BCUT2D eigenvalue weighted by atomic mass is 10.0. The number of benzene rings is 4. The average molecular weight is 389 g/mol. The van der Waals surface area contributed by atoms with Gasteiger partial charge in [0.2, 0.25) is 0 Å². The van der Waals surface area contributed by atoms with E-state index in [1.165, 1.54) is 55.9 Å². The van der Waals surface area contributed by atoms with E-state index in [1.54, 1.807) is 0 Å². The summed E-state index contributed by atoms with van der Waals surface area (Å²) in [6.45, 7) is 1.78. The van der Waals surface area contributed by atoms with E-state index >= 15 is 0 Å². The lowest BCUT2D eigenvalue weighted by Crippen LogP contribution is -2.15. The molecule has 0 unspecified atom stereocenters. The Morgan fingerprint density at radius 1 is 0.467 bits per heavy atom. The third kappa shape index (κ3) is 2.80. The van der Waals surface area contributed by atoms with Crippen LogP contribution in [0.3, 0.4) is 0 Å². The van der Waals surface area contributed by atoms with Crippen LogP contribution in [0.4, 0.5) is 11.4 Å². The monoisotopic (exact) mass is 388 g/mol. The number of hydrogen-bond donors (Lipinski definition) is 2. The number of hydrogen-bond acceptors (Lipinski definition) is 2. The second kappa shape index (κ2) is 7.07. The van der Waals surface area contributed by atoms with Gasteiger partial charge in [-0.05, 0) is 56.6 Å². The topological polar surface area (TPSA) is 24.1 Å². The molecule has 0 saturated heterocycles. The molecule has 2 heteroatoms. The molecule has 0 bridgehead atoms. The van der Waals surface area contributed by atoms with E-state index < -0.39 is 0 Å². The Kier molecular flexibility index (Phi) is 4.09. The summed E-state index contributed by atoms with van der Waals surface area (Å²) in [5.41, 5.74) is 13.8. The van der Waals surface area contributed by atoms with Gasteiger partial charge in [0.25, 0.3) is 0 Å². The second-order valence-electron chi connectivity index (χ2n) is 8.18. The molecule has 2 aliphatic rings. The SMILES string of the molecule is c1ccc2c(c1)Cc1c(NCCNc3cccc4c3Cc3ccccc3-4)cccc1-2. The van der Waals surface area contributed by atoms with Crippen molar-refractivity contribution >= 4 is 11.4 Å². The maximum atomic E-state index is 3.67. The largest absolute Gasteiger partial charge is 0.383 e. The van der Waals surface area contributed by atoms with Crippen LogP contribution >= 0.6 is 0 Å². The highest BCUT2D eigenvalue weighted by molar-refractivity contribution is 5.83. The summed E-state index contributed by atoms with van der Waals surface area (Å²) in [4.78, 5) is 0. The Hall–Kier alpha value is -3.52. The summed E-state index contributed by atoms with van der Waals surface area (Å²) >= 11 is 0. The first-order valence-electron chi connectivity index (χ1n) is 10.8. The van der Waals surface area contributed by atoms with E-state index in [-0.39, 0.29) is 0 Å². The standard InChI is InChI=1S/C28H24N2/c1-3-9-21-19(7-1)17-25-23(21)11-5-13-27(25)29-15-16-30-28-14-6-12-24-22-10-4-2-8-20(22)18-26(24)28/h1-14,29-30H,15-18H2. The third-order valence-electron chi connectivity index (χ3n) is 6.46. The summed E-state index contributed by atoms with van der Waals surface area (Å²) in [7, 11) is 0. The Balaban J connectivity index is 1.15. The number of rotatable bonds is 5. The summed E-state index contributed by atoms with van der Waals surface area (Å²) in [5, 5.41) is 7.34. The van der Waals surface area contributed by atoms with Crippen molar-refractivity contribution < 1.29 is 0 Å². The molecular weight excluding hydrogens is 364 g/mol. The van der Waals surface area contributed by atoms with Gasteiger partial charge in [0.05, 0.1) is 0 Å². The molecule has 0 amide bonds. The highest BCUT2D eigenvalue weighted by Gasteiger charge is 2.21. The minimum Gasteiger partial charge on any atom is -0.383 e. The maximum absolute atomic E-state index is 3.67. The predicted molar refractivity (Wildman–Crippen MR) is 126 cm³/mol. The fourth-order valence-corrected chi connectivity index (χ4v) is 5.04. The molecule has 0 saturated carbocycles. The zero-order valence-electron chi connectivity index (χ0n) is 16.9. The zero-order chi connectivity index (χ0) is 19.9. The first-order valence-corrected chi connectivity index (χ1v) is 10.8. The van der Waals surface area contributed by atoms with E-state index in [0.717, 1.165) is 25.9 Å². The van der Waals surface area contributed by atoms with Crippen molar-refractivity contribution in [2.45, 2.75) is 12.8 Å². The molecular formula is C28H24N2. The van der Waals surface area contributed by atoms with Crippen molar-refractivity contribution in [1.29, 1.82) is 0 Å². The highest BCUT2D eigenvalue weighted by Crippen LogP contribution is 2.41. The van der Waals surface area contributed by atoms with Crippen LogP contribution in [0.1, 0.15) is 22.3 Å². The van der Waals surface area contributed by atoms with Gasteiger partial charge in [-0.15, -0.1) is 0 Å². The van der Waals surface area contributed by atoms with Gasteiger partial charge in [-0.25, -0.2) is 0 Å². The molecule has 0 heterocycles. The van der Waals surface area contributed by atoms with Crippen molar-refractivity contribution in [3.8, 4) is 22.3 Å². The minimum atomic E-state index is 0.892. The summed E-state index contributed by atoms with van der Waals surface area (Å²) < 4.78 is 0. The van der Waals surface area contributed by atoms with Gasteiger partial charge in [-0.1, -0.05) is 72.8 Å². The lowest BCUT2D eigenvalue weighted by Gasteiger charge is -2.14. The molecule has 0 aliphatic heterocycles. The van der Waals surface area contributed by atoms with Crippen molar-refractivity contribution in [2.75, 3.05) is 23.7 Å². The number of nitrogens with one attached hydrogen (secondary N) is 2. The van der Waals surface area contributed by atoms with Crippen LogP contribution in [-0.2, 0) is 12.8 Å². The second-order valence-corrected chi connectivity index (χ2v) is 8.18. The quantitative estimate of drug-likeness (QED) is 0.336. The lowest BCUT2D eigenvalue weighted by molar-refractivity contribution is 1.06. The molecule has 0 fully saturated rings. The van der Waals surface area contributed by atoms with Crippen LogP contribution in [0, 0.1) is 0 Å². The Labute approximate surface area is 177 Å². The van der Waals surface area contributed by atoms with Gasteiger partial charge in [-0.2, -0.15) is 0 Å². The first kappa shape index (κ1) is 17.3. The van der Waals surface area contributed by atoms with E-state index in [4.69, 9.17) is 0 Å². The predicted octanol–water partition coefficient (Wildman–Crippen LogP) is 6.35. The van der Waals surface area contributed by atoms with Gasteiger partial charge in [0, 0.05) is 37.3 Å². The first-order chi connectivity index (χ1) is 14.9. The van der Waals surface area contributed by atoms with Crippen molar-refractivity contribution in [3.63, 3.8) is 0 Å². The minimum absolute atomic E-state index is 0.892. The molecule has 4 aromatic carbocycles. The van der Waals surface area contributed by atoms with E-state index in [9.17, 15) is 0 Å². The molecule has 30 heavy (non-hydrogen) atoms. The van der Waals surface area contributed by atoms with E-state index in [0.29, 0.717) is 0 Å². The smallest absolute Gasteiger partial charge is 0.0383 e. The number of anilines is 2. The normalized spacial score (nSPS) is 12.7. The summed E-state index contributed by atoms with van der Waals surface area (Å²) in [6.07, 6.45) is 2.04. The van der Waals surface area contributed by atoms with Crippen LogP contribution < -0.4 is 10.6 Å². The molecule has 146 valence electrons. The molecule has 2 aliphatic carbocycles. The van der Waals surface area contributed by atoms with E-state index in [2.05, 4.69) is 95.6 Å². The molecule has 2 nitrogen and oxygen atoms in total. The Morgan fingerprint density at radius 2 is 0.900 bits per heavy atom. The maximum Gasteiger partial charge on any atom is 0.0383 e. The summed E-state index contributed by atoms with van der Waals surface area (Å²) in [5.74, 6) is 0. The van der Waals surface area contributed by atoms with Gasteiger partial charge in [0.15, 0.2) is 0 Å². The Bertz CT molecular complexity index is 1160. The number of fused-ring (bicyclic) bond motifs is 6. The molecule has 0 radical (unpaired) electrons. The van der Waals surface area contributed by atoms with Gasteiger partial charge < -0.3 is 10.6 Å². The van der Waals surface area contributed by atoms with Gasteiger partial charge >= 0.3 is 0 Å². The van der Waals surface area contributed by atoms with Gasteiger partial charge in [-0.3, -0.25) is 0 Å². The van der Waals surface area contributed by atoms with Crippen molar-refractivity contribution in [2.24, 2.45) is 0 Å². The molecule has 4 aromatic rings. The Morgan fingerprint density at radius 3 is 1.40 bits per heavy atom. The fourth-order valence-electron chi connectivity index (χ4n) is 5.04. The molecule has 2 N–H and O–H groups in total. The highest BCUT2D eigenvalue weighted by atomic mass is 15.0. The van der Waals surface area contributed by atoms with Gasteiger partial charge in [0.1, 0.15) is 0 Å². The van der Waals surface area contributed by atoms with Crippen LogP contribution in [0.15, 0.2) is 84.9 Å². The fraction of sp³-hybridized carbons (Fsp3) is 0.143. The summed E-state index contributed by atoms with van der Waals surface area (Å²) in [6, 6.07) is 30.7. The van der Waals surface area contributed by atoms with Crippen LogP contribution in [0.25, 0.3) is 22.3 Å². The van der Waals surface area contributed by atoms with E-state index in [1.807, 2.05) is 0 Å². The molecule has 0 aromatic heterocycles. The van der Waals surface area contributed by atoms with Crippen LogP contribution in [-0.4, -0.2) is 13.1 Å². The molecule has 0 spiro atoms.